The van der Waals surface area contributed by atoms with Crippen LogP contribution >= 0.6 is 0 Å². The molecule has 2 aromatic rings. The van der Waals surface area contributed by atoms with E-state index in [1.807, 2.05) is 6.20 Å². The van der Waals surface area contributed by atoms with Crippen LogP contribution in [-0.2, 0) is 11.8 Å². The van der Waals surface area contributed by atoms with Crippen LogP contribution in [0.4, 0.5) is 0 Å². The zero-order chi connectivity index (χ0) is 14.4. The average Bonchev–Trinajstić information content (AvgIpc) is 2.92. The third-order valence-electron chi connectivity index (χ3n) is 3.78. The molecule has 2 N–H and O–H groups in total. The third kappa shape index (κ3) is 4.20. The number of nitrogens with zero attached hydrogens (tertiary/aromatic N) is 1. The number of aromatic nitrogens is 2. The zero-order valence-electron chi connectivity index (χ0n) is 12.7. The van der Waals surface area contributed by atoms with Crippen LogP contribution in [0.1, 0.15) is 38.6 Å². The highest BCUT2D eigenvalue weighted by Crippen LogP contribution is 2.27. The maximum atomic E-state index is 4.24. The lowest BCUT2D eigenvalue weighted by molar-refractivity contribution is 0.390. The van der Waals surface area contributed by atoms with Crippen molar-refractivity contribution in [3.05, 3.63) is 54.1 Å². The van der Waals surface area contributed by atoms with Crippen LogP contribution in [0, 0.1) is 0 Å². The summed E-state index contributed by atoms with van der Waals surface area (Å²) in [6.45, 7) is 7.84. The number of benzene rings is 1. The highest BCUT2D eigenvalue weighted by atomic mass is 14.9. The van der Waals surface area contributed by atoms with Gasteiger partial charge in [0.2, 0.25) is 0 Å². The van der Waals surface area contributed by atoms with Crippen LogP contribution in [0.5, 0.6) is 0 Å². The molecule has 0 bridgehead atoms. The minimum Gasteiger partial charge on any atom is -0.349 e. The Hall–Kier alpha value is -1.61. The first-order valence-electron chi connectivity index (χ1n) is 7.35. The van der Waals surface area contributed by atoms with Crippen LogP contribution in [0.3, 0.4) is 0 Å². The van der Waals surface area contributed by atoms with Gasteiger partial charge in [0.25, 0.3) is 0 Å². The minimum absolute atomic E-state index is 0.193. The van der Waals surface area contributed by atoms with Gasteiger partial charge in [0.1, 0.15) is 5.82 Å². The van der Waals surface area contributed by atoms with E-state index in [0.29, 0.717) is 6.04 Å². The summed E-state index contributed by atoms with van der Waals surface area (Å²) in [4.78, 5) is 7.37. The number of hydrogen-bond acceptors (Lipinski definition) is 2. The van der Waals surface area contributed by atoms with Crippen LogP contribution in [0.15, 0.2) is 42.7 Å². The Kier molecular flexibility index (Phi) is 4.96. The molecule has 1 atom stereocenters. The van der Waals surface area contributed by atoms with E-state index in [-0.39, 0.29) is 5.41 Å². The second-order valence-corrected chi connectivity index (χ2v) is 6.10. The van der Waals surface area contributed by atoms with Crippen LogP contribution in [0.25, 0.3) is 0 Å². The van der Waals surface area contributed by atoms with Crippen molar-refractivity contribution in [3.63, 3.8) is 0 Å². The number of aromatic amines is 1. The SMILES string of the molecule is CC(CC(C)(C)c1ccccc1)NCCc1ncc[nH]1. The Bertz CT molecular complexity index is 488. The van der Waals surface area contributed by atoms with E-state index in [1.165, 1.54) is 5.56 Å². The lowest BCUT2D eigenvalue weighted by Crippen LogP contribution is -2.34. The van der Waals surface area contributed by atoms with Crippen molar-refractivity contribution in [3.8, 4) is 0 Å². The van der Waals surface area contributed by atoms with Gasteiger partial charge in [-0.1, -0.05) is 44.2 Å². The predicted octanol–water partition coefficient (Wildman–Crippen LogP) is 3.30. The fraction of sp³-hybridized carbons (Fsp3) is 0.471. The number of imidazole rings is 1. The van der Waals surface area contributed by atoms with Crippen molar-refractivity contribution in [1.29, 1.82) is 0 Å². The van der Waals surface area contributed by atoms with Crippen molar-refractivity contribution in [2.75, 3.05) is 6.54 Å². The zero-order valence-corrected chi connectivity index (χ0v) is 12.7. The maximum Gasteiger partial charge on any atom is 0.107 e. The first kappa shape index (κ1) is 14.8. The molecular formula is C17H25N3. The summed E-state index contributed by atoms with van der Waals surface area (Å²) < 4.78 is 0. The Balaban J connectivity index is 1.80. The fourth-order valence-corrected chi connectivity index (χ4v) is 2.72. The van der Waals surface area contributed by atoms with Crippen molar-refractivity contribution < 1.29 is 0 Å². The topological polar surface area (TPSA) is 40.7 Å². The molecule has 2 rings (SSSR count). The van der Waals surface area contributed by atoms with E-state index in [9.17, 15) is 0 Å². The Morgan fingerprint density at radius 2 is 2.00 bits per heavy atom. The standard InChI is InChI=1S/C17H25N3/c1-14(18-10-9-16-19-11-12-20-16)13-17(2,3)15-7-5-4-6-8-15/h4-8,11-12,14,18H,9-10,13H2,1-3H3,(H,19,20). The summed E-state index contributed by atoms with van der Waals surface area (Å²) in [7, 11) is 0. The van der Waals surface area contributed by atoms with E-state index in [1.54, 1.807) is 6.20 Å². The van der Waals surface area contributed by atoms with Gasteiger partial charge in [-0.3, -0.25) is 0 Å². The second-order valence-electron chi connectivity index (χ2n) is 6.10. The first-order chi connectivity index (χ1) is 9.58. The second kappa shape index (κ2) is 6.71. The molecular weight excluding hydrogens is 246 g/mol. The van der Waals surface area contributed by atoms with E-state index >= 15 is 0 Å². The molecule has 0 spiro atoms. The monoisotopic (exact) mass is 271 g/mol. The summed E-state index contributed by atoms with van der Waals surface area (Å²) in [5.41, 5.74) is 1.60. The summed E-state index contributed by atoms with van der Waals surface area (Å²) in [6, 6.07) is 11.2. The van der Waals surface area contributed by atoms with Crippen LogP contribution in [0.2, 0.25) is 0 Å². The molecule has 1 unspecified atom stereocenters. The van der Waals surface area contributed by atoms with Gasteiger partial charge in [0.15, 0.2) is 0 Å². The molecule has 1 heterocycles. The van der Waals surface area contributed by atoms with Crippen molar-refractivity contribution in [1.82, 2.24) is 15.3 Å². The first-order valence-corrected chi connectivity index (χ1v) is 7.35. The highest BCUT2D eigenvalue weighted by molar-refractivity contribution is 5.23. The van der Waals surface area contributed by atoms with Crippen LogP contribution < -0.4 is 5.32 Å². The molecule has 1 aromatic carbocycles. The molecule has 1 aromatic heterocycles. The number of rotatable bonds is 7. The molecule has 108 valence electrons. The Morgan fingerprint density at radius 1 is 1.25 bits per heavy atom. The quantitative estimate of drug-likeness (QED) is 0.811. The van der Waals surface area contributed by atoms with Gasteiger partial charge in [0, 0.05) is 31.4 Å². The van der Waals surface area contributed by atoms with Crippen molar-refractivity contribution in [2.24, 2.45) is 0 Å². The highest BCUT2D eigenvalue weighted by Gasteiger charge is 2.22. The Morgan fingerprint density at radius 3 is 2.65 bits per heavy atom. The minimum atomic E-state index is 0.193. The molecule has 0 amide bonds. The summed E-state index contributed by atoms with van der Waals surface area (Å²) in [5.74, 6) is 1.05. The molecule has 0 aliphatic heterocycles. The summed E-state index contributed by atoms with van der Waals surface area (Å²) in [5, 5.41) is 3.59. The number of hydrogen-bond donors (Lipinski definition) is 2. The number of H-pyrrole nitrogens is 1. The van der Waals surface area contributed by atoms with Gasteiger partial charge >= 0.3 is 0 Å². The lowest BCUT2D eigenvalue weighted by Gasteiger charge is -2.29. The van der Waals surface area contributed by atoms with E-state index in [4.69, 9.17) is 0 Å². The normalized spacial score (nSPS) is 13.3. The van der Waals surface area contributed by atoms with Gasteiger partial charge in [-0.05, 0) is 24.3 Å². The molecule has 3 nitrogen and oxygen atoms in total. The largest absolute Gasteiger partial charge is 0.349 e. The molecule has 3 heteroatoms. The van der Waals surface area contributed by atoms with Gasteiger partial charge in [-0.25, -0.2) is 4.98 Å². The predicted molar refractivity (Wildman–Crippen MR) is 83.8 cm³/mol. The molecule has 0 radical (unpaired) electrons. The third-order valence-corrected chi connectivity index (χ3v) is 3.78. The molecule has 0 saturated heterocycles. The van der Waals surface area contributed by atoms with Gasteiger partial charge in [0.05, 0.1) is 0 Å². The lowest BCUT2D eigenvalue weighted by atomic mass is 9.79. The van der Waals surface area contributed by atoms with Crippen molar-refractivity contribution >= 4 is 0 Å². The molecule has 0 fully saturated rings. The number of nitrogens with one attached hydrogen (secondary N) is 2. The average molecular weight is 271 g/mol. The fourth-order valence-electron chi connectivity index (χ4n) is 2.72. The van der Waals surface area contributed by atoms with E-state index in [2.05, 4.69) is 66.4 Å². The molecule has 20 heavy (non-hydrogen) atoms. The molecule has 0 aliphatic rings. The van der Waals surface area contributed by atoms with E-state index in [0.717, 1.165) is 25.2 Å². The van der Waals surface area contributed by atoms with Gasteiger partial charge in [-0.2, -0.15) is 0 Å². The molecule has 0 saturated carbocycles. The smallest absolute Gasteiger partial charge is 0.107 e. The Labute approximate surface area is 121 Å². The van der Waals surface area contributed by atoms with Crippen molar-refractivity contribution in [2.45, 2.75) is 45.1 Å². The van der Waals surface area contributed by atoms with Gasteiger partial charge in [-0.15, -0.1) is 0 Å². The summed E-state index contributed by atoms with van der Waals surface area (Å²) in [6.07, 6.45) is 5.74. The van der Waals surface area contributed by atoms with Crippen LogP contribution in [-0.4, -0.2) is 22.6 Å². The molecule has 0 aliphatic carbocycles. The maximum absolute atomic E-state index is 4.24. The van der Waals surface area contributed by atoms with Gasteiger partial charge < -0.3 is 10.3 Å². The summed E-state index contributed by atoms with van der Waals surface area (Å²) >= 11 is 0. The van der Waals surface area contributed by atoms with E-state index < -0.39 is 0 Å².